The number of aliphatic carboxylic acids is 1. The van der Waals surface area contributed by atoms with Crippen LogP contribution in [0.15, 0.2) is 36.0 Å². The Balaban J connectivity index is 0.000000217. The topological polar surface area (TPSA) is 97.5 Å². The van der Waals surface area contributed by atoms with E-state index in [9.17, 15) is 14.4 Å². The first-order valence-corrected chi connectivity index (χ1v) is 6.59. The third-order valence-corrected chi connectivity index (χ3v) is 3.01. The first-order chi connectivity index (χ1) is 9.49. The van der Waals surface area contributed by atoms with Crippen LogP contribution in [0.1, 0.15) is 32.1 Å². The summed E-state index contributed by atoms with van der Waals surface area (Å²) in [7, 11) is 0. The fraction of sp³-hybridized carbons (Fsp3) is 0.400. The molecule has 0 unspecified atom stereocenters. The maximum atomic E-state index is 10.4. The number of nitrogens with two attached hydrogens (primary N) is 1. The van der Waals surface area contributed by atoms with Gasteiger partial charge >= 0.3 is 5.97 Å². The lowest BCUT2D eigenvalue weighted by molar-refractivity contribution is -0.138. The van der Waals surface area contributed by atoms with Crippen molar-refractivity contribution in [3.63, 3.8) is 0 Å². The molecule has 0 radical (unpaired) electrons. The van der Waals surface area contributed by atoms with Crippen molar-refractivity contribution < 1.29 is 19.5 Å². The third-order valence-electron chi connectivity index (χ3n) is 3.01. The van der Waals surface area contributed by atoms with Gasteiger partial charge in [0.25, 0.3) is 0 Å². The minimum absolute atomic E-state index is 0.121. The van der Waals surface area contributed by atoms with E-state index in [0.717, 1.165) is 12.8 Å². The lowest BCUT2D eigenvalue weighted by atomic mass is 9.95. The fourth-order valence-electron chi connectivity index (χ4n) is 1.90. The second-order valence-electron chi connectivity index (χ2n) is 4.73. The summed E-state index contributed by atoms with van der Waals surface area (Å²) in [5, 5.41) is 8.56. The highest BCUT2D eigenvalue weighted by atomic mass is 16.4. The lowest BCUT2D eigenvalue weighted by Gasteiger charge is -2.14. The van der Waals surface area contributed by atoms with Gasteiger partial charge in [-0.25, -0.2) is 0 Å². The predicted octanol–water partition coefficient (Wildman–Crippen LogP) is 1.54. The van der Waals surface area contributed by atoms with Crippen LogP contribution in [0.2, 0.25) is 0 Å². The van der Waals surface area contributed by atoms with Gasteiger partial charge in [0.05, 0.1) is 0 Å². The quantitative estimate of drug-likeness (QED) is 0.602. The Labute approximate surface area is 117 Å². The Morgan fingerprint density at radius 2 is 1.70 bits per heavy atom. The molecule has 0 aliphatic heterocycles. The number of carboxylic acids is 1. The molecule has 0 aromatic rings. The van der Waals surface area contributed by atoms with E-state index in [0.29, 0.717) is 6.42 Å². The van der Waals surface area contributed by atoms with Gasteiger partial charge in [-0.2, -0.15) is 0 Å². The van der Waals surface area contributed by atoms with Crippen LogP contribution in [-0.4, -0.2) is 28.7 Å². The molecule has 2 rings (SSSR count). The number of allylic oxidation sites excluding steroid dienone is 5. The second kappa shape index (κ2) is 8.22. The van der Waals surface area contributed by atoms with Gasteiger partial charge in [0.1, 0.15) is 6.04 Å². The fourth-order valence-corrected chi connectivity index (χ4v) is 1.90. The molecule has 0 saturated heterocycles. The number of carbonyl (C=O) groups is 3. The lowest BCUT2D eigenvalue weighted by Crippen LogP contribution is -2.30. The van der Waals surface area contributed by atoms with Gasteiger partial charge in [-0.15, -0.1) is 0 Å². The van der Waals surface area contributed by atoms with Crippen molar-refractivity contribution in [1.29, 1.82) is 0 Å². The Morgan fingerprint density at radius 1 is 1.15 bits per heavy atom. The molecular weight excluding hydrogens is 258 g/mol. The number of hydrogen-bond donors (Lipinski definition) is 2. The van der Waals surface area contributed by atoms with Crippen molar-refractivity contribution >= 4 is 17.5 Å². The highest BCUT2D eigenvalue weighted by molar-refractivity contribution is 6.14. The van der Waals surface area contributed by atoms with Crippen molar-refractivity contribution in [2.45, 2.75) is 38.1 Å². The summed E-state index contributed by atoms with van der Waals surface area (Å²) in [5.74, 6) is -1.14. The Bertz CT molecular complexity index is 436. The summed E-state index contributed by atoms with van der Waals surface area (Å²) in [4.78, 5) is 31.0. The predicted molar refractivity (Wildman–Crippen MR) is 75.1 cm³/mol. The van der Waals surface area contributed by atoms with E-state index in [4.69, 9.17) is 10.8 Å². The number of rotatable bonds is 3. The summed E-state index contributed by atoms with van der Waals surface area (Å²) in [6.45, 7) is 0. The highest BCUT2D eigenvalue weighted by Crippen LogP contribution is 2.20. The molecule has 5 nitrogen and oxygen atoms in total. The first kappa shape index (κ1) is 16.0. The maximum absolute atomic E-state index is 10.4. The van der Waals surface area contributed by atoms with Gasteiger partial charge in [-0.05, 0) is 56.4 Å². The van der Waals surface area contributed by atoms with Crippen molar-refractivity contribution in [3.05, 3.63) is 36.0 Å². The van der Waals surface area contributed by atoms with Gasteiger partial charge in [0.15, 0.2) is 11.6 Å². The highest BCUT2D eigenvalue weighted by Gasteiger charge is 2.14. The summed E-state index contributed by atoms with van der Waals surface area (Å²) < 4.78 is 0. The molecule has 0 aromatic carbocycles. The maximum Gasteiger partial charge on any atom is 0.320 e. The summed E-state index contributed by atoms with van der Waals surface area (Å²) in [6, 6.07) is -0.714. The van der Waals surface area contributed by atoms with Crippen molar-refractivity contribution in [2.24, 2.45) is 5.73 Å². The van der Waals surface area contributed by atoms with Crippen LogP contribution in [0.4, 0.5) is 0 Å². The van der Waals surface area contributed by atoms with Crippen molar-refractivity contribution in [1.82, 2.24) is 0 Å². The monoisotopic (exact) mass is 277 g/mol. The molecule has 20 heavy (non-hydrogen) atoms. The number of ketones is 2. The van der Waals surface area contributed by atoms with E-state index in [1.807, 2.05) is 0 Å². The summed E-state index contributed by atoms with van der Waals surface area (Å²) >= 11 is 0. The minimum Gasteiger partial charge on any atom is -0.480 e. The SMILES string of the molecule is N[C@@H](CC1=CCCCC1)C(=O)O.O=C1C=CC(=O)C=C1. The molecule has 0 fully saturated rings. The van der Waals surface area contributed by atoms with Gasteiger partial charge in [0.2, 0.25) is 0 Å². The molecule has 1 atom stereocenters. The molecule has 0 aromatic heterocycles. The van der Waals surface area contributed by atoms with Crippen LogP contribution in [0.5, 0.6) is 0 Å². The zero-order valence-corrected chi connectivity index (χ0v) is 11.2. The zero-order chi connectivity index (χ0) is 15.0. The van der Waals surface area contributed by atoms with Crippen molar-refractivity contribution in [3.8, 4) is 0 Å². The van der Waals surface area contributed by atoms with E-state index in [2.05, 4.69) is 6.08 Å². The Kier molecular flexibility index (Phi) is 6.59. The van der Waals surface area contributed by atoms with Crippen LogP contribution >= 0.6 is 0 Å². The van der Waals surface area contributed by atoms with E-state index in [-0.39, 0.29) is 11.6 Å². The van der Waals surface area contributed by atoms with E-state index < -0.39 is 12.0 Å². The Hall–Kier alpha value is -2.01. The summed E-state index contributed by atoms with van der Waals surface area (Å²) in [5.41, 5.74) is 6.63. The molecule has 3 N–H and O–H groups in total. The molecule has 0 spiro atoms. The van der Waals surface area contributed by atoms with Gasteiger partial charge < -0.3 is 10.8 Å². The van der Waals surface area contributed by atoms with E-state index in [1.54, 1.807) is 0 Å². The molecule has 0 amide bonds. The molecule has 2 aliphatic rings. The molecule has 5 heteroatoms. The molecule has 108 valence electrons. The van der Waals surface area contributed by atoms with Gasteiger partial charge in [0, 0.05) is 0 Å². The molecule has 0 heterocycles. The van der Waals surface area contributed by atoms with Crippen LogP contribution in [-0.2, 0) is 14.4 Å². The van der Waals surface area contributed by atoms with E-state index in [1.165, 1.54) is 42.7 Å². The largest absolute Gasteiger partial charge is 0.480 e. The van der Waals surface area contributed by atoms with Gasteiger partial charge in [-0.1, -0.05) is 11.6 Å². The second-order valence-corrected chi connectivity index (χ2v) is 4.73. The first-order valence-electron chi connectivity index (χ1n) is 6.59. The van der Waals surface area contributed by atoms with Gasteiger partial charge in [-0.3, -0.25) is 14.4 Å². The number of carboxylic acid groups (broad SMARTS) is 1. The molecule has 0 bridgehead atoms. The molecular formula is C15H19NO4. The third kappa shape index (κ3) is 6.24. The zero-order valence-electron chi connectivity index (χ0n) is 11.2. The Morgan fingerprint density at radius 3 is 2.10 bits per heavy atom. The average Bonchev–Trinajstić information content (AvgIpc) is 2.44. The van der Waals surface area contributed by atoms with Crippen LogP contribution < -0.4 is 5.73 Å². The molecule has 0 saturated carbocycles. The normalized spacial score (nSPS) is 18.9. The van der Waals surface area contributed by atoms with Crippen LogP contribution in [0.25, 0.3) is 0 Å². The van der Waals surface area contributed by atoms with Crippen LogP contribution in [0, 0.1) is 0 Å². The summed E-state index contributed by atoms with van der Waals surface area (Å²) in [6.07, 6.45) is 12.2. The van der Waals surface area contributed by atoms with Crippen LogP contribution in [0.3, 0.4) is 0 Å². The standard InChI is InChI=1S/C9H15NO2.C6H4O2/c10-8(9(11)12)6-7-4-2-1-3-5-7;7-5-1-2-6(8)4-3-5/h4,8H,1-3,5-6,10H2,(H,11,12);1-4H/t8-;/m0./s1. The van der Waals surface area contributed by atoms with Crippen molar-refractivity contribution in [2.75, 3.05) is 0 Å². The minimum atomic E-state index is -0.901. The van der Waals surface area contributed by atoms with E-state index >= 15 is 0 Å². The number of hydrogen-bond acceptors (Lipinski definition) is 4. The average molecular weight is 277 g/mol. The smallest absolute Gasteiger partial charge is 0.320 e. The molecule has 2 aliphatic carbocycles. The number of carbonyl (C=O) groups excluding carboxylic acids is 2.